The molecule has 4 nitrogen and oxygen atoms in total. The van der Waals surface area contributed by atoms with Gasteiger partial charge in [0, 0.05) is 0 Å². The molecule has 0 aliphatic rings. The van der Waals surface area contributed by atoms with Gasteiger partial charge in [0.25, 0.3) is 0 Å². The van der Waals surface area contributed by atoms with Crippen molar-refractivity contribution in [1.29, 1.82) is 0 Å². The second kappa shape index (κ2) is 11.8. The van der Waals surface area contributed by atoms with Crippen LogP contribution >= 0.6 is 11.3 Å². The summed E-state index contributed by atoms with van der Waals surface area (Å²) in [6, 6.07) is 55.9. The molecule has 3 aromatic heterocycles. The molecule has 52 heavy (non-hydrogen) atoms. The Morgan fingerprint density at radius 1 is 0.404 bits per heavy atom. The number of hydrogen-bond acceptors (Lipinski definition) is 5. The summed E-state index contributed by atoms with van der Waals surface area (Å²) in [7, 11) is 0. The van der Waals surface area contributed by atoms with Gasteiger partial charge in [0.15, 0.2) is 0 Å². The summed E-state index contributed by atoms with van der Waals surface area (Å²) in [4.78, 5) is 20.5. The molecule has 11 aromatic rings. The number of rotatable bonds is 4. The number of aromatic nitrogens is 4. The minimum Gasteiger partial charge on any atom is -0.0615 e. The Hall–Kier alpha value is -6.04. The summed E-state index contributed by atoms with van der Waals surface area (Å²) >= 11 is 1.96. The second-order valence-electron chi connectivity index (χ2n) is 13.0. The van der Waals surface area contributed by atoms with Crippen molar-refractivity contribution in [3.8, 4) is 44.7 Å². The van der Waals surface area contributed by atoms with Gasteiger partial charge in [0.05, 0.1) is 0 Å². The van der Waals surface area contributed by atoms with Crippen LogP contribution in [0.15, 0.2) is 158 Å². The molecule has 0 amide bonds. The van der Waals surface area contributed by atoms with Crippen molar-refractivity contribution in [2.45, 2.75) is 0 Å². The van der Waals surface area contributed by atoms with Gasteiger partial charge in [0.1, 0.15) is 0 Å². The zero-order valence-corrected chi connectivity index (χ0v) is 30.1. The van der Waals surface area contributed by atoms with Crippen molar-refractivity contribution >= 4 is 87.7 Å². The van der Waals surface area contributed by atoms with Gasteiger partial charge in [-0.15, -0.1) is 0 Å². The quantitative estimate of drug-likeness (QED) is 0.133. The van der Waals surface area contributed by atoms with E-state index in [1.165, 1.54) is 51.1 Å². The predicted octanol–water partition coefficient (Wildman–Crippen LogP) is 12.0. The molecule has 242 valence electrons. The van der Waals surface area contributed by atoms with E-state index in [9.17, 15) is 0 Å². The molecule has 0 bridgehead atoms. The minimum absolute atomic E-state index is 0.175. The molecule has 3 heterocycles. The summed E-state index contributed by atoms with van der Waals surface area (Å²) < 4.78 is 4.05. The summed E-state index contributed by atoms with van der Waals surface area (Å²) in [5.74, 6) is 1.98. The smallest absolute Gasteiger partial charge is 0.0615 e. The maximum atomic E-state index is 5.19. The first-order valence-electron chi connectivity index (χ1n) is 17.2. The molecule has 0 radical (unpaired) electrons. The Kier molecular flexibility index (Phi) is 6.71. The molecule has 0 saturated carbocycles. The van der Waals surface area contributed by atoms with E-state index < -0.39 is 0 Å². The van der Waals surface area contributed by atoms with Crippen molar-refractivity contribution in [1.82, 2.24) is 19.9 Å². The average Bonchev–Trinajstić information content (AvgIpc) is 3.82. The summed E-state index contributed by atoms with van der Waals surface area (Å²) in [5.41, 5.74) is 5.24. The Balaban J connectivity index is 1.11. The first-order valence-corrected chi connectivity index (χ1v) is 19.7. The van der Waals surface area contributed by atoms with Crippen LogP contribution in [0.5, 0.6) is 0 Å². The van der Waals surface area contributed by atoms with E-state index in [1.807, 2.05) is 18.2 Å². The number of hydrogen-bond donors (Lipinski definition) is 0. The van der Waals surface area contributed by atoms with Gasteiger partial charge >= 0.3 is 250 Å². The van der Waals surface area contributed by atoms with Crippen molar-refractivity contribution in [3.63, 3.8) is 0 Å². The number of fused-ring (bicyclic) bond motifs is 9. The molecule has 6 heteroatoms. The number of nitrogens with zero attached hydrogens (tertiary/aromatic N) is 4. The zero-order valence-electron chi connectivity index (χ0n) is 27.6. The summed E-state index contributed by atoms with van der Waals surface area (Å²) in [6.45, 7) is 0. The number of benzene rings is 8. The summed E-state index contributed by atoms with van der Waals surface area (Å²) in [6.07, 6.45) is 0. The second-order valence-corrected chi connectivity index (χ2v) is 16.3. The van der Waals surface area contributed by atoms with Crippen molar-refractivity contribution in [3.05, 3.63) is 158 Å². The van der Waals surface area contributed by atoms with Crippen LogP contribution in [0.3, 0.4) is 0 Å². The van der Waals surface area contributed by atoms with Crippen LogP contribution in [0.4, 0.5) is 0 Å². The van der Waals surface area contributed by atoms with Crippen molar-refractivity contribution in [2.75, 3.05) is 0 Å². The fourth-order valence-electron chi connectivity index (χ4n) is 7.38. The molecule has 0 N–H and O–H groups in total. The van der Waals surface area contributed by atoms with Gasteiger partial charge < -0.3 is 0 Å². The molecule has 0 atom stereocenters. The van der Waals surface area contributed by atoms with Crippen molar-refractivity contribution < 1.29 is 0 Å². The third-order valence-corrected chi connectivity index (χ3v) is 13.5. The molecule has 8 aromatic carbocycles. The van der Waals surface area contributed by atoms with Crippen LogP contribution in [-0.2, 0) is 0 Å². The topological polar surface area (TPSA) is 51.6 Å². The monoisotopic (exact) mass is 746 g/mol. The Morgan fingerprint density at radius 2 is 1.08 bits per heavy atom. The Bertz CT molecular complexity index is 3180. The fraction of sp³-hybridized carbons (Fsp3) is 0. The normalized spacial score (nSPS) is 11.8. The molecular weight excluding hydrogens is 720 g/mol. The van der Waals surface area contributed by atoms with Crippen LogP contribution in [0.2, 0.25) is 0 Å². The van der Waals surface area contributed by atoms with Gasteiger partial charge in [-0.25, -0.2) is 0 Å². The van der Waals surface area contributed by atoms with Crippen molar-refractivity contribution in [2.24, 2.45) is 0 Å². The minimum atomic E-state index is 0.175. The van der Waals surface area contributed by atoms with Gasteiger partial charge in [-0.05, 0) is 5.39 Å². The third kappa shape index (κ3) is 4.80. The standard InChI is InChI=1S/C46H26N4SSe/c1-3-11-29(12-4-1)43-48-44(50-45(49-43)35-17-9-15-27-10-7-8-16-33(27)35)32-21-19-28-18-20-31-25-40-38(26-37(31)36(28)24-32)34-22-23-39-41(42(34)52-40)47-46(51-39)30-13-5-2-6-14-30/h1-26H. The first kappa shape index (κ1) is 29.7. The molecule has 0 aliphatic heterocycles. The van der Waals surface area contributed by atoms with Crippen LogP contribution in [0.1, 0.15) is 0 Å². The number of thiazole rings is 1. The predicted molar refractivity (Wildman–Crippen MR) is 219 cm³/mol. The van der Waals surface area contributed by atoms with E-state index in [-0.39, 0.29) is 14.5 Å². The molecule has 0 aliphatic carbocycles. The van der Waals surface area contributed by atoms with E-state index in [2.05, 4.69) is 140 Å². The molecule has 0 saturated heterocycles. The van der Waals surface area contributed by atoms with Crippen LogP contribution in [-0.4, -0.2) is 34.4 Å². The van der Waals surface area contributed by atoms with Crippen LogP contribution < -0.4 is 0 Å². The van der Waals surface area contributed by atoms with E-state index in [1.54, 1.807) is 11.3 Å². The molecule has 0 spiro atoms. The van der Waals surface area contributed by atoms with E-state index in [0.717, 1.165) is 38.0 Å². The van der Waals surface area contributed by atoms with E-state index in [0.29, 0.717) is 17.5 Å². The van der Waals surface area contributed by atoms with Crippen LogP contribution in [0.25, 0.3) is 107 Å². The van der Waals surface area contributed by atoms with Gasteiger partial charge in [-0.3, -0.25) is 0 Å². The average molecular weight is 746 g/mol. The maximum absolute atomic E-state index is 5.19. The Labute approximate surface area is 308 Å². The first-order chi connectivity index (χ1) is 25.7. The third-order valence-electron chi connectivity index (χ3n) is 9.93. The van der Waals surface area contributed by atoms with Crippen LogP contribution in [0, 0.1) is 0 Å². The summed E-state index contributed by atoms with van der Waals surface area (Å²) in [5, 5.41) is 10.8. The van der Waals surface area contributed by atoms with Gasteiger partial charge in [-0.1, -0.05) is 54.6 Å². The van der Waals surface area contributed by atoms with Gasteiger partial charge in [0.2, 0.25) is 0 Å². The SMILES string of the molecule is c1ccc(-c2nc(-c3ccc4ccc5cc6[se]c7c(ccc8sc(-c9ccccc9)nc87)c6cc5c4c3)nc(-c3cccc4ccccc34)n2)cc1. The molecule has 11 rings (SSSR count). The van der Waals surface area contributed by atoms with Gasteiger partial charge in [-0.2, -0.15) is 0 Å². The zero-order chi connectivity index (χ0) is 34.2. The van der Waals surface area contributed by atoms with E-state index >= 15 is 0 Å². The Morgan fingerprint density at radius 3 is 1.94 bits per heavy atom. The van der Waals surface area contributed by atoms with E-state index in [4.69, 9.17) is 19.9 Å². The molecule has 0 unspecified atom stereocenters. The fourth-order valence-corrected chi connectivity index (χ4v) is 11.1. The molecule has 0 fully saturated rings. The molecular formula is C46H26N4SSe.